The summed E-state index contributed by atoms with van der Waals surface area (Å²) >= 11 is 0. The van der Waals surface area contributed by atoms with Gasteiger partial charge in [0.15, 0.2) is 11.6 Å². The third-order valence-electron chi connectivity index (χ3n) is 6.78. The molecule has 0 heterocycles. The van der Waals surface area contributed by atoms with Crippen LogP contribution in [-0.4, -0.2) is 7.11 Å². The summed E-state index contributed by atoms with van der Waals surface area (Å²) in [6.07, 6.45) is 10.7. The average Bonchev–Trinajstić information content (AvgIpc) is 2.73. The van der Waals surface area contributed by atoms with Gasteiger partial charge in [0.05, 0.1) is 7.11 Å². The molecular formula is C26H30F2O. The van der Waals surface area contributed by atoms with Crippen LogP contribution in [-0.2, 0) is 12.8 Å². The maximum Gasteiger partial charge on any atom is 0.165 e. The lowest BCUT2D eigenvalue weighted by Gasteiger charge is -2.29. The summed E-state index contributed by atoms with van der Waals surface area (Å²) in [7, 11) is 1.47. The van der Waals surface area contributed by atoms with E-state index < -0.39 is 0 Å². The van der Waals surface area contributed by atoms with Crippen LogP contribution in [0.4, 0.5) is 8.78 Å². The summed E-state index contributed by atoms with van der Waals surface area (Å²) in [4.78, 5) is 0. The normalized spacial score (nSPS) is 21.4. The van der Waals surface area contributed by atoms with Crippen LogP contribution in [0.2, 0.25) is 0 Å². The quantitative estimate of drug-likeness (QED) is 0.518. The van der Waals surface area contributed by atoms with Crippen LogP contribution in [0.1, 0.15) is 73.6 Å². The maximum absolute atomic E-state index is 15.0. The summed E-state index contributed by atoms with van der Waals surface area (Å²) in [5.41, 5.74) is 4.69. The van der Waals surface area contributed by atoms with Gasteiger partial charge < -0.3 is 4.74 Å². The molecule has 0 N–H and O–H groups in total. The van der Waals surface area contributed by atoms with Crippen molar-refractivity contribution in [1.82, 2.24) is 0 Å². The third kappa shape index (κ3) is 4.24. The van der Waals surface area contributed by atoms with Crippen molar-refractivity contribution < 1.29 is 13.5 Å². The van der Waals surface area contributed by atoms with Crippen molar-refractivity contribution in [2.24, 2.45) is 5.92 Å². The van der Waals surface area contributed by atoms with Gasteiger partial charge in [0, 0.05) is 5.56 Å². The summed E-state index contributed by atoms with van der Waals surface area (Å²) in [5.74, 6) is 1.09. The molecule has 1 fully saturated rings. The van der Waals surface area contributed by atoms with Gasteiger partial charge in [-0.05, 0) is 90.8 Å². The fraction of sp³-hybridized carbons (Fsp3) is 0.462. The molecule has 2 aliphatic carbocycles. The lowest BCUT2D eigenvalue weighted by Crippen LogP contribution is -2.13. The van der Waals surface area contributed by atoms with E-state index in [1.807, 2.05) is 6.07 Å². The molecule has 1 saturated carbocycles. The minimum Gasteiger partial charge on any atom is -0.494 e. The fourth-order valence-corrected chi connectivity index (χ4v) is 5.10. The standard InChI is InChI=1S/C26H30F2O/c1-3-4-17-5-7-18(8-6-17)19-11-12-23(24(27)14-19)21-10-9-20-16-26(29-2)25(28)15-22(20)13-21/h10-12,14-18H,3-9,13H2,1-2H3. The number of ether oxygens (including phenoxy) is 1. The molecule has 2 aromatic carbocycles. The van der Waals surface area contributed by atoms with Crippen LogP contribution in [0.5, 0.6) is 5.75 Å². The molecule has 0 bridgehead atoms. The first kappa shape index (κ1) is 20.1. The molecule has 0 atom stereocenters. The molecule has 2 aromatic rings. The van der Waals surface area contributed by atoms with Gasteiger partial charge in [0.1, 0.15) is 5.82 Å². The molecular weight excluding hydrogens is 366 g/mol. The molecule has 0 spiro atoms. The Hall–Kier alpha value is -2.16. The van der Waals surface area contributed by atoms with E-state index in [1.165, 1.54) is 51.7 Å². The minimum atomic E-state index is -0.359. The zero-order valence-electron chi connectivity index (χ0n) is 17.4. The molecule has 2 aliphatic rings. The largest absolute Gasteiger partial charge is 0.494 e. The number of benzene rings is 2. The van der Waals surface area contributed by atoms with Crippen molar-refractivity contribution in [3.63, 3.8) is 0 Å². The highest BCUT2D eigenvalue weighted by atomic mass is 19.1. The van der Waals surface area contributed by atoms with E-state index in [4.69, 9.17) is 4.74 Å². The molecule has 4 rings (SSSR count). The molecule has 3 heteroatoms. The number of allylic oxidation sites excluding steroid dienone is 2. The molecule has 29 heavy (non-hydrogen) atoms. The highest BCUT2D eigenvalue weighted by molar-refractivity contribution is 5.71. The van der Waals surface area contributed by atoms with Gasteiger partial charge in [-0.3, -0.25) is 0 Å². The number of hydrogen-bond acceptors (Lipinski definition) is 1. The molecule has 0 unspecified atom stereocenters. The van der Waals surface area contributed by atoms with Crippen molar-refractivity contribution in [2.75, 3.05) is 7.11 Å². The van der Waals surface area contributed by atoms with Crippen molar-refractivity contribution in [3.8, 4) is 5.75 Å². The second-order valence-electron chi connectivity index (χ2n) is 8.61. The van der Waals surface area contributed by atoms with Crippen molar-refractivity contribution in [2.45, 2.75) is 64.2 Å². The number of hydrogen-bond donors (Lipinski definition) is 0. The zero-order chi connectivity index (χ0) is 20.4. The van der Waals surface area contributed by atoms with Crippen LogP contribution in [0, 0.1) is 17.6 Å². The molecule has 0 saturated heterocycles. The zero-order valence-corrected chi connectivity index (χ0v) is 17.4. The van der Waals surface area contributed by atoms with E-state index in [0.29, 0.717) is 24.3 Å². The smallest absolute Gasteiger partial charge is 0.165 e. The number of fused-ring (bicyclic) bond motifs is 1. The predicted octanol–water partition coefficient (Wildman–Crippen LogP) is 7.23. The van der Waals surface area contributed by atoms with Gasteiger partial charge in [-0.2, -0.15) is 0 Å². The molecule has 0 amide bonds. The lowest BCUT2D eigenvalue weighted by atomic mass is 9.77. The summed E-state index contributed by atoms with van der Waals surface area (Å²) in [6.45, 7) is 2.25. The first-order chi connectivity index (χ1) is 14.1. The van der Waals surface area contributed by atoms with E-state index in [-0.39, 0.29) is 17.4 Å². The number of rotatable bonds is 5. The SMILES string of the molecule is CCCC1CCC(c2ccc(C3=CCc4cc(OC)c(F)cc4C3)c(F)c2)CC1. The van der Waals surface area contributed by atoms with Crippen LogP contribution in [0.15, 0.2) is 36.4 Å². The second kappa shape index (κ2) is 8.69. The highest BCUT2D eigenvalue weighted by Gasteiger charge is 2.23. The van der Waals surface area contributed by atoms with Gasteiger partial charge in [0.2, 0.25) is 0 Å². The lowest BCUT2D eigenvalue weighted by molar-refractivity contribution is 0.308. The fourth-order valence-electron chi connectivity index (χ4n) is 5.10. The molecule has 154 valence electrons. The first-order valence-electron chi connectivity index (χ1n) is 10.9. The molecule has 0 aliphatic heterocycles. The van der Waals surface area contributed by atoms with Crippen molar-refractivity contribution >= 4 is 5.57 Å². The number of methoxy groups -OCH3 is 1. The van der Waals surface area contributed by atoms with Crippen LogP contribution >= 0.6 is 0 Å². The third-order valence-corrected chi connectivity index (χ3v) is 6.78. The first-order valence-corrected chi connectivity index (χ1v) is 10.9. The summed E-state index contributed by atoms with van der Waals surface area (Å²) < 4.78 is 34.2. The van der Waals surface area contributed by atoms with Gasteiger partial charge in [-0.15, -0.1) is 0 Å². The van der Waals surface area contributed by atoms with Crippen LogP contribution in [0.25, 0.3) is 5.57 Å². The van der Waals surface area contributed by atoms with E-state index in [0.717, 1.165) is 28.2 Å². The van der Waals surface area contributed by atoms with Crippen LogP contribution in [0.3, 0.4) is 0 Å². The topological polar surface area (TPSA) is 9.23 Å². The summed E-state index contributed by atoms with van der Waals surface area (Å²) in [6, 6.07) is 9.06. The van der Waals surface area contributed by atoms with Crippen molar-refractivity contribution in [1.29, 1.82) is 0 Å². The highest BCUT2D eigenvalue weighted by Crippen LogP contribution is 2.39. The van der Waals surface area contributed by atoms with E-state index in [1.54, 1.807) is 12.1 Å². The Morgan fingerprint density at radius 3 is 2.45 bits per heavy atom. The average molecular weight is 397 g/mol. The van der Waals surface area contributed by atoms with Gasteiger partial charge in [-0.1, -0.05) is 38.0 Å². The Balaban J connectivity index is 1.49. The summed E-state index contributed by atoms with van der Waals surface area (Å²) in [5, 5.41) is 0. The number of halogens is 2. The Morgan fingerprint density at radius 2 is 1.76 bits per heavy atom. The van der Waals surface area contributed by atoms with Crippen molar-refractivity contribution in [3.05, 3.63) is 70.3 Å². The second-order valence-corrected chi connectivity index (χ2v) is 8.61. The predicted molar refractivity (Wildman–Crippen MR) is 114 cm³/mol. The van der Waals surface area contributed by atoms with Gasteiger partial charge in [0.25, 0.3) is 0 Å². The van der Waals surface area contributed by atoms with E-state index in [9.17, 15) is 4.39 Å². The Kier molecular flexibility index (Phi) is 6.03. The Labute approximate surface area is 172 Å². The van der Waals surface area contributed by atoms with Crippen LogP contribution < -0.4 is 4.74 Å². The van der Waals surface area contributed by atoms with Gasteiger partial charge >= 0.3 is 0 Å². The maximum atomic E-state index is 15.0. The molecule has 0 aromatic heterocycles. The van der Waals surface area contributed by atoms with E-state index in [2.05, 4.69) is 19.1 Å². The Bertz CT molecular complexity index is 907. The molecule has 0 radical (unpaired) electrons. The monoisotopic (exact) mass is 396 g/mol. The Morgan fingerprint density at radius 1 is 0.966 bits per heavy atom. The minimum absolute atomic E-state index is 0.151. The van der Waals surface area contributed by atoms with E-state index >= 15 is 4.39 Å². The van der Waals surface area contributed by atoms with Gasteiger partial charge in [-0.25, -0.2) is 8.78 Å². The molecule has 1 nitrogen and oxygen atoms in total.